The Kier molecular flexibility index (Phi) is 6.04. The van der Waals surface area contributed by atoms with Crippen molar-refractivity contribution < 1.29 is 18.1 Å². The molecule has 1 aliphatic rings. The number of amides is 1. The lowest BCUT2D eigenvalue weighted by Crippen LogP contribution is -2.27. The molecule has 32 heavy (non-hydrogen) atoms. The summed E-state index contributed by atoms with van der Waals surface area (Å²) in [6.07, 6.45) is 3.31. The molecule has 9 nitrogen and oxygen atoms in total. The molecule has 1 aliphatic heterocycles. The summed E-state index contributed by atoms with van der Waals surface area (Å²) in [7, 11) is -3.56. The fourth-order valence-corrected chi connectivity index (χ4v) is 6.10. The number of fused-ring (bicyclic) bond motifs is 1. The number of aromatic nitrogens is 1. The van der Waals surface area contributed by atoms with Crippen molar-refractivity contribution in [3.05, 3.63) is 75.6 Å². The van der Waals surface area contributed by atoms with Crippen LogP contribution in [0.2, 0.25) is 0 Å². The fourth-order valence-electron chi connectivity index (χ4n) is 3.56. The molecule has 166 valence electrons. The van der Waals surface area contributed by atoms with Crippen LogP contribution in [-0.4, -0.2) is 41.2 Å². The lowest BCUT2D eigenvalue weighted by Gasteiger charge is -2.15. The van der Waals surface area contributed by atoms with Crippen molar-refractivity contribution in [2.24, 2.45) is 4.99 Å². The van der Waals surface area contributed by atoms with E-state index in [4.69, 9.17) is 0 Å². The molecule has 3 aromatic rings. The molecule has 0 spiro atoms. The topological polar surface area (TPSA) is 115 Å². The summed E-state index contributed by atoms with van der Waals surface area (Å²) in [6, 6.07) is 10.2. The van der Waals surface area contributed by atoms with Gasteiger partial charge in [0.05, 0.1) is 20.0 Å². The number of allylic oxidation sites excluding steroid dienone is 1. The summed E-state index contributed by atoms with van der Waals surface area (Å²) >= 11 is 1.23. The van der Waals surface area contributed by atoms with Gasteiger partial charge in [0.2, 0.25) is 10.0 Å². The number of carbonyl (C=O) groups is 1. The van der Waals surface area contributed by atoms with Crippen molar-refractivity contribution in [3.63, 3.8) is 0 Å². The Morgan fingerprint density at radius 1 is 1.19 bits per heavy atom. The summed E-state index contributed by atoms with van der Waals surface area (Å²) in [5.74, 6) is -0.533. The van der Waals surface area contributed by atoms with E-state index in [0.29, 0.717) is 30.0 Å². The van der Waals surface area contributed by atoms with Gasteiger partial charge in [0.15, 0.2) is 4.80 Å². The van der Waals surface area contributed by atoms with Gasteiger partial charge in [0.1, 0.15) is 0 Å². The van der Waals surface area contributed by atoms with Crippen molar-refractivity contribution in [2.75, 3.05) is 13.1 Å². The number of carbonyl (C=O) groups excluding carboxylic acids is 1. The molecule has 0 unspecified atom stereocenters. The van der Waals surface area contributed by atoms with Gasteiger partial charge in [0, 0.05) is 37.3 Å². The first-order chi connectivity index (χ1) is 15.3. The van der Waals surface area contributed by atoms with Crippen LogP contribution in [0.15, 0.2) is 65.0 Å². The normalized spacial score (nSPS) is 15.3. The molecule has 0 bridgehead atoms. The Labute approximate surface area is 188 Å². The Morgan fingerprint density at radius 2 is 1.88 bits per heavy atom. The first-order valence-electron chi connectivity index (χ1n) is 9.89. The van der Waals surface area contributed by atoms with Crippen molar-refractivity contribution in [2.45, 2.75) is 24.3 Å². The van der Waals surface area contributed by atoms with E-state index in [1.807, 2.05) is 0 Å². The number of nitrogens with zero attached hydrogens (tertiary/aromatic N) is 4. The molecule has 2 heterocycles. The zero-order valence-electron chi connectivity index (χ0n) is 17.0. The molecule has 11 heteroatoms. The molecule has 0 saturated carbocycles. The minimum absolute atomic E-state index is 0.0548. The second kappa shape index (κ2) is 8.77. The van der Waals surface area contributed by atoms with Crippen LogP contribution in [0.5, 0.6) is 0 Å². The van der Waals surface area contributed by atoms with E-state index in [9.17, 15) is 23.3 Å². The molecule has 0 aliphatic carbocycles. The van der Waals surface area contributed by atoms with E-state index in [0.717, 1.165) is 17.5 Å². The summed E-state index contributed by atoms with van der Waals surface area (Å²) in [5, 5.41) is 11.1. The third-order valence-corrected chi connectivity index (χ3v) is 8.16. The van der Waals surface area contributed by atoms with Gasteiger partial charge in [-0.2, -0.15) is 9.30 Å². The maximum absolute atomic E-state index is 12.8. The monoisotopic (exact) mass is 472 g/mol. The number of non-ortho nitro benzene ring substituents is 1. The number of benzene rings is 2. The van der Waals surface area contributed by atoms with Gasteiger partial charge in [-0.3, -0.25) is 14.9 Å². The van der Waals surface area contributed by atoms with E-state index >= 15 is 0 Å². The minimum Gasteiger partial charge on any atom is -0.312 e. The van der Waals surface area contributed by atoms with Gasteiger partial charge < -0.3 is 4.57 Å². The van der Waals surface area contributed by atoms with Crippen LogP contribution in [0.4, 0.5) is 5.69 Å². The highest BCUT2D eigenvalue weighted by Gasteiger charge is 2.27. The summed E-state index contributed by atoms with van der Waals surface area (Å²) in [4.78, 5) is 28.1. The maximum atomic E-state index is 12.8. The number of nitro benzene ring substituents is 1. The van der Waals surface area contributed by atoms with Crippen LogP contribution in [0.1, 0.15) is 23.2 Å². The Hall–Kier alpha value is -3.15. The van der Waals surface area contributed by atoms with Crippen molar-refractivity contribution in [3.8, 4) is 0 Å². The van der Waals surface area contributed by atoms with Crippen LogP contribution < -0.4 is 4.80 Å². The number of rotatable bonds is 6. The van der Waals surface area contributed by atoms with E-state index < -0.39 is 20.9 Å². The van der Waals surface area contributed by atoms with E-state index in [1.54, 1.807) is 16.7 Å². The summed E-state index contributed by atoms with van der Waals surface area (Å²) in [5.41, 5.74) is 0.780. The van der Waals surface area contributed by atoms with Crippen molar-refractivity contribution in [1.82, 2.24) is 8.87 Å². The Morgan fingerprint density at radius 3 is 2.50 bits per heavy atom. The Balaban J connectivity index is 1.69. The molecule has 0 atom stereocenters. The van der Waals surface area contributed by atoms with Crippen LogP contribution >= 0.6 is 11.3 Å². The largest absolute Gasteiger partial charge is 0.312 e. The zero-order valence-corrected chi connectivity index (χ0v) is 18.6. The molecular weight excluding hydrogens is 452 g/mol. The van der Waals surface area contributed by atoms with Crippen molar-refractivity contribution in [1.29, 1.82) is 0 Å². The highest BCUT2D eigenvalue weighted by atomic mass is 32.2. The average Bonchev–Trinajstić information content (AvgIpc) is 3.43. The molecule has 1 aromatic heterocycles. The SMILES string of the molecule is C=CCn1c(=NC(=O)c2ccc(S(=O)(=O)N3CCCC3)cc2)sc2ccc([N+](=O)[O-])cc21. The van der Waals surface area contributed by atoms with Gasteiger partial charge in [-0.1, -0.05) is 17.4 Å². The molecule has 1 fully saturated rings. The zero-order chi connectivity index (χ0) is 22.9. The maximum Gasteiger partial charge on any atom is 0.279 e. The van der Waals surface area contributed by atoms with E-state index in [2.05, 4.69) is 11.6 Å². The fraction of sp³-hybridized carbons (Fsp3) is 0.238. The van der Waals surface area contributed by atoms with Crippen LogP contribution in [-0.2, 0) is 16.6 Å². The Bertz CT molecular complexity index is 1380. The highest BCUT2D eigenvalue weighted by molar-refractivity contribution is 7.89. The smallest absolute Gasteiger partial charge is 0.279 e. The predicted octanol–water partition coefficient (Wildman–Crippen LogP) is 3.32. The number of thiazole rings is 1. The minimum atomic E-state index is -3.56. The predicted molar refractivity (Wildman–Crippen MR) is 121 cm³/mol. The second-order valence-corrected chi connectivity index (χ2v) is 10.2. The first-order valence-corrected chi connectivity index (χ1v) is 12.1. The highest BCUT2D eigenvalue weighted by Crippen LogP contribution is 2.24. The molecular formula is C21H20N4O5S2. The number of hydrogen-bond donors (Lipinski definition) is 0. The van der Waals surface area contributed by atoms with Crippen molar-refractivity contribution >= 4 is 43.2 Å². The molecule has 0 radical (unpaired) electrons. The quantitative estimate of drug-likeness (QED) is 0.310. The standard InChI is InChI=1S/C21H20N4O5S2/c1-2-11-24-18-14-16(25(27)28)7-10-19(18)31-21(24)22-20(26)15-5-8-17(9-6-15)32(29,30)23-12-3-4-13-23/h2,5-10,14H,1,3-4,11-13H2. The first kappa shape index (κ1) is 22.1. The van der Waals surface area contributed by atoms with Gasteiger partial charge >= 0.3 is 0 Å². The van der Waals surface area contributed by atoms with Gasteiger partial charge in [0.25, 0.3) is 11.6 Å². The molecule has 2 aromatic carbocycles. The number of nitro groups is 1. The molecule has 4 rings (SSSR count). The number of sulfonamides is 1. The van der Waals surface area contributed by atoms with Gasteiger partial charge in [-0.25, -0.2) is 8.42 Å². The van der Waals surface area contributed by atoms with Crippen LogP contribution in [0, 0.1) is 10.1 Å². The van der Waals surface area contributed by atoms with Crippen LogP contribution in [0.25, 0.3) is 10.2 Å². The average molecular weight is 473 g/mol. The van der Waals surface area contributed by atoms with Gasteiger partial charge in [-0.15, -0.1) is 6.58 Å². The van der Waals surface area contributed by atoms with E-state index in [-0.39, 0.29) is 16.1 Å². The second-order valence-electron chi connectivity index (χ2n) is 7.25. The third-order valence-electron chi connectivity index (χ3n) is 5.19. The molecule has 1 saturated heterocycles. The van der Waals surface area contributed by atoms with Gasteiger partial charge in [-0.05, 0) is 43.2 Å². The van der Waals surface area contributed by atoms with E-state index in [1.165, 1.54) is 52.0 Å². The summed E-state index contributed by atoms with van der Waals surface area (Å²) in [6.45, 7) is 5.04. The molecule has 1 amide bonds. The summed E-state index contributed by atoms with van der Waals surface area (Å²) < 4.78 is 29.2. The third kappa shape index (κ3) is 4.14. The molecule has 0 N–H and O–H groups in total. The van der Waals surface area contributed by atoms with Crippen LogP contribution in [0.3, 0.4) is 0 Å². The lowest BCUT2D eigenvalue weighted by molar-refractivity contribution is -0.384. The number of hydrogen-bond acceptors (Lipinski definition) is 6. The lowest BCUT2D eigenvalue weighted by atomic mass is 10.2.